The average Bonchev–Trinajstić information content (AvgIpc) is 2.99. The Morgan fingerprint density at radius 1 is 1.29 bits per heavy atom. The van der Waals surface area contributed by atoms with Gasteiger partial charge in [-0.1, -0.05) is 17.7 Å². The van der Waals surface area contributed by atoms with E-state index in [2.05, 4.69) is 32.9 Å². The number of hydrogen-bond donors (Lipinski definition) is 2. The lowest BCUT2D eigenvalue weighted by atomic mass is 10.2. The maximum atomic E-state index is 6.04. The number of nitrogens with zero attached hydrogens (tertiary/aromatic N) is 4. The smallest absolute Gasteiger partial charge is 0.188 e. The van der Waals surface area contributed by atoms with E-state index in [0.717, 1.165) is 31.6 Å². The SMILES string of the molecule is Sc1nc(Nc2cccc(Cl)c2)c2ncn(C3CCCCO3)c2n1. The molecule has 8 heteroatoms. The summed E-state index contributed by atoms with van der Waals surface area (Å²) >= 11 is 10.4. The zero-order valence-electron chi connectivity index (χ0n) is 12.8. The van der Waals surface area contributed by atoms with Crippen molar-refractivity contribution >= 4 is 46.9 Å². The number of ether oxygens (including phenoxy) is 1. The van der Waals surface area contributed by atoms with E-state index in [4.69, 9.17) is 16.3 Å². The molecule has 1 aromatic carbocycles. The molecule has 1 N–H and O–H groups in total. The molecule has 0 radical (unpaired) electrons. The lowest BCUT2D eigenvalue weighted by Gasteiger charge is -2.23. The topological polar surface area (TPSA) is 64.9 Å². The summed E-state index contributed by atoms with van der Waals surface area (Å²) in [5.74, 6) is 0.599. The Kier molecular flexibility index (Phi) is 4.30. The highest BCUT2D eigenvalue weighted by atomic mass is 35.5. The summed E-state index contributed by atoms with van der Waals surface area (Å²) in [6.07, 6.45) is 4.90. The van der Waals surface area contributed by atoms with Crippen LogP contribution in [0.1, 0.15) is 25.5 Å². The number of thiol groups is 1. The molecule has 0 spiro atoms. The van der Waals surface area contributed by atoms with E-state index in [1.165, 1.54) is 0 Å². The van der Waals surface area contributed by atoms with Gasteiger partial charge in [-0.25, -0.2) is 15.0 Å². The normalized spacial score (nSPS) is 18.0. The third kappa shape index (κ3) is 3.07. The fourth-order valence-electron chi connectivity index (χ4n) is 2.85. The molecule has 3 aromatic rings. The predicted octanol–water partition coefficient (Wildman–Crippen LogP) is 4.21. The van der Waals surface area contributed by atoms with Crippen molar-refractivity contribution in [2.75, 3.05) is 11.9 Å². The highest BCUT2D eigenvalue weighted by molar-refractivity contribution is 7.80. The second-order valence-corrected chi connectivity index (χ2v) is 6.49. The highest BCUT2D eigenvalue weighted by Crippen LogP contribution is 2.29. The molecule has 2 aromatic heterocycles. The van der Waals surface area contributed by atoms with Crippen LogP contribution in [-0.2, 0) is 4.74 Å². The Balaban J connectivity index is 1.74. The first-order chi connectivity index (χ1) is 11.7. The van der Waals surface area contributed by atoms with Gasteiger partial charge in [-0.3, -0.25) is 4.57 Å². The maximum Gasteiger partial charge on any atom is 0.188 e. The third-order valence-corrected chi connectivity index (χ3v) is 4.40. The number of halogens is 1. The molecule has 1 atom stereocenters. The molecule has 0 saturated carbocycles. The molecular formula is C16H16ClN5OS. The van der Waals surface area contributed by atoms with Crippen LogP contribution in [-0.4, -0.2) is 26.1 Å². The largest absolute Gasteiger partial charge is 0.358 e. The van der Waals surface area contributed by atoms with Gasteiger partial charge in [-0.05, 0) is 37.5 Å². The van der Waals surface area contributed by atoms with Crippen LogP contribution in [0.2, 0.25) is 5.02 Å². The molecule has 0 aliphatic carbocycles. The number of hydrogen-bond acceptors (Lipinski definition) is 6. The summed E-state index contributed by atoms with van der Waals surface area (Å²) in [6.45, 7) is 0.761. The first kappa shape index (κ1) is 15.7. The predicted molar refractivity (Wildman–Crippen MR) is 96.1 cm³/mol. The zero-order chi connectivity index (χ0) is 16.5. The zero-order valence-corrected chi connectivity index (χ0v) is 14.5. The molecule has 1 saturated heterocycles. The van der Waals surface area contributed by atoms with Crippen LogP contribution in [0.5, 0.6) is 0 Å². The lowest BCUT2D eigenvalue weighted by molar-refractivity contribution is -0.0298. The van der Waals surface area contributed by atoms with Crippen molar-refractivity contribution in [2.24, 2.45) is 0 Å². The van der Waals surface area contributed by atoms with Crippen molar-refractivity contribution in [1.29, 1.82) is 0 Å². The summed E-state index contributed by atoms with van der Waals surface area (Å²) in [6, 6.07) is 7.44. The van der Waals surface area contributed by atoms with Crippen LogP contribution < -0.4 is 5.32 Å². The molecule has 1 unspecified atom stereocenters. The fourth-order valence-corrected chi connectivity index (χ4v) is 3.23. The Morgan fingerprint density at radius 3 is 3.00 bits per heavy atom. The summed E-state index contributed by atoms with van der Waals surface area (Å²) in [4.78, 5) is 13.3. The van der Waals surface area contributed by atoms with Gasteiger partial charge in [0.1, 0.15) is 6.23 Å². The first-order valence-corrected chi connectivity index (χ1v) is 8.61. The molecule has 0 bridgehead atoms. The van der Waals surface area contributed by atoms with Crippen LogP contribution in [0, 0.1) is 0 Å². The van der Waals surface area contributed by atoms with Gasteiger partial charge in [0.25, 0.3) is 0 Å². The maximum absolute atomic E-state index is 6.04. The Morgan fingerprint density at radius 2 is 2.21 bits per heavy atom. The second-order valence-electron chi connectivity index (χ2n) is 5.65. The first-order valence-electron chi connectivity index (χ1n) is 7.78. The van der Waals surface area contributed by atoms with Gasteiger partial charge in [-0.2, -0.15) is 0 Å². The van der Waals surface area contributed by atoms with Crippen LogP contribution in [0.3, 0.4) is 0 Å². The number of nitrogens with one attached hydrogen (secondary N) is 1. The van der Waals surface area contributed by atoms with E-state index >= 15 is 0 Å². The van der Waals surface area contributed by atoms with Crippen molar-refractivity contribution in [1.82, 2.24) is 19.5 Å². The molecule has 3 heterocycles. The van der Waals surface area contributed by atoms with Gasteiger partial charge in [0.15, 0.2) is 22.1 Å². The number of fused-ring (bicyclic) bond motifs is 1. The van der Waals surface area contributed by atoms with Gasteiger partial charge in [0.05, 0.1) is 6.33 Å². The molecule has 6 nitrogen and oxygen atoms in total. The van der Waals surface area contributed by atoms with E-state index < -0.39 is 0 Å². The molecule has 1 aliphatic heterocycles. The van der Waals surface area contributed by atoms with Crippen LogP contribution in [0.15, 0.2) is 35.7 Å². The van der Waals surface area contributed by atoms with Crippen molar-refractivity contribution in [3.05, 3.63) is 35.6 Å². The van der Waals surface area contributed by atoms with Crippen molar-refractivity contribution in [2.45, 2.75) is 30.6 Å². The fraction of sp³-hybridized carbons (Fsp3) is 0.312. The summed E-state index contributed by atoms with van der Waals surface area (Å²) in [7, 11) is 0. The number of aromatic nitrogens is 4. The Bertz CT molecular complexity index is 878. The minimum Gasteiger partial charge on any atom is -0.358 e. The van der Waals surface area contributed by atoms with Crippen LogP contribution >= 0.6 is 24.2 Å². The van der Waals surface area contributed by atoms with E-state index in [1.807, 2.05) is 28.8 Å². The number of rotatable bonds is 3. The number of anilines is 2. The van der Waals surface area contributed by atoms with Gasteiger partial charge in [-0.15, -0.1) is 12.6 Å². The quantitative estimate of drug-likeness (QED) is 0.540. The monoisotopic (exact) mass is 361 g/mol. The molecule has 4 rings (SSSR count). The van der Waals surface area contributed by atoms with E-state index in [-0.39, 0.29) is 6.23 Å². The summed E-state index contributed by atoms with van der Waals surface area (Å²) < 4.78 is 7.80. The Hall–Kier alpha value is -1.83. The van der Waals surface area contributed by atoms with E-state index in [0.29, 0.717) is 27.2 Å². The van der Waals surface area contributed by atoms with Crippen molar-refractivity contribution in [3.8, 4) is 0 Å². The number of benzene rings is 1. The van der Waals surface area contributed by atoms with Crippen molar-refractivity contribution in [3.63, 3.8) is 0 Å². The molecule has 0 amide bonds. The van der Waals surface area contributed by atoms with Crippen molar-refractivity contribution < 1.29 is 4.74 Å². The van der Waals surface area contributed by atoms with Crippen LogP contribution in [0.4, 0.5) is 11.5 Å². The van der Waals surface area contributed by atoms with Gasteiger partial charge in [0, 0.05) is 17.3 Å². The van der Waals surface area contributed by atoms with E-state index in [9.17, 15) is 0 Å². The summed E-state index contributed by atoms with van der Waals surface area (Å²) in [5.41, 5.74) is 2.23. The second kappa shape index (κ2) is 6.58. The molecule has 1 fully saturated rings. The minimum atomic E-state index is -0.0367. The number of imidazole rings is 1. The molecule has 124 valence electrons. The lowest BCUT2D eigenvalue weighted by Crippen LogP contribution is -2.17. The average molecular weight is 362 g/mol. The van der Waals surface area contributed by atoms with Gasteiger partial charge in [0.2, 0.25) is 0 Å². The molecular weight excluding hydrogens is 346 g/mol. The Labute approximate surface area is 149 Å². The van der Waals surface area contributed by atoms with Gasteiger partial charge < -0.3 is 10.1 Å². The standard InChI is InChI=1S/C16H16ClN5OS/c17-10-4-3-5-11(8-10)19-14-13-15(21-16(24)20-14)22(9-18-13)12-6-1-2-7-23-12/h3-5,8-9,12H,1-2,6-7H2,(H2,19,20,21,24). The molecule has 24 heavy (non-hydrogen) atoms. The van der Waals surface area contributed by atoms with Gasteiger partial charge >= 0.3 is 0 Å². The highest BCUT2D eigenvalue weighted by Gasteiger charge is 2.21. The van der Waals surface area contributed by atoms with Crippen LogP contribution in [0.25, 0.3) is 11.2 Å². The third-order valence-electron chi connectivity index (χ3n) is 3.96. The minimum absolute atomic E-state index is 0.0367. The summed E-state index contributed by atoms with van der Waals surface area (Å²) in [5, 5.41) is 4.27. The van der Waals surface area contributed by atoms with E-state index in [1.54, 1.807) is 6.33 Å². The molecule has 1 aliphatic rings.